The number of aryl methyl sites for hydroxylation is 1. The van der Waals surface area contributed by atoms with Gasteiger partial charge >= 0.3 is 0 Å². The van der Waals surface area contributed by atoms with E-state index in [0.717, 1.165) is 35.2 Å². The van der Waals surface area contributed by atoms with Crippen LogP contribution in [0.25, 0.3) is 5.57 Å². The number of rotatable bonds is 4. The fourth-order valence-electron chi connectivity index (χ4n) is 3.36. The molecule has 1 aliphatic rings. The van der Waals surface area contributed by atoms with E-state index >= 15 is 0 Å². The third-order valence-electron chi connectivity index (χ3n) is 5.05. The summed E-state index contributed by atoms with van der Waals surface area (Å²) < 4.78 is 0. The third kappa shape index (κ3) is 3.90. The Morgan fingerprint density at radius 2 is 1.85 bits per heavy atom. The van der Waals surface area contributed by atoms with Crippen LogP contribution < -0.4 is 0 Å². The first-order valence-corrected chi connectivity index (χ1v) is 8.93. The summed E-state index contributed by atoms with van der Waals surface area (Å²) in [6, 6.07) is 9.92. The molecule has 1 aromatic heterocycles. The lowest BCUT2D eigenvalue weighted by molar-refractivity contribution is -0.128. The highest BCUT2D eigenvalue weighted by molar-refractivity contribution is 5.98. The first kappa shape index (κ1) is 18.1. The summed E-state index contributed by atoms with van der Waals surface area (Å²) in [6.45, 7) is 7.12. The van der Waals surface area contributed by atoms with Crippen LogP contribution in [-0.2, 0) is 11.2 Å². The third-order valence-corrected chi connectivity index (χ3v) is 5.05. The summed E-state index contributed by atoms with van der Waals surface area (Å²) in [5.41, 5.74) is 6.30. The van der Waals surface area contributed by atoms with E-state index in [1.165, 1.54) is 11.1 Å². The lowest BCUT2D eigenvalue weighted by Gasteiger charge is -2.29. The molecule has 26 heavy (non-hydrogen) atoms. The van der Waals surface area contributed by atoms with E-state index in [4.69, 9.17) is 0 Å². The average molecular weight is 348 g/mol. The number of Topliss-reactive ketones (excluding diaryl/α,β-unsaturated/α-hetero) is 1. The predicted octanol–water partition coefficient (Wildman–Crippen LogP) is 3.84. The number of nitrogens with zero attached hydrogens (tertiary/aromatic N) is 2. The second-order valence-corrected chi connectivity index (χ2v) is 6.94. The molecule has 4 nitrogen and oxygen atoms in total. The number of benzene rings is 1. The van der Waals surface area contributed by atoms with Gasteiger partial charge in [-0.15, -0.1) is 0 Å². The van der Waals surface area contributed by atoms with Crippen molar-refractivity contribution in [2.75, 3.05) is 13.1 Å². The van der Waals surface area contributed by atoms with Gasteiger partial charge in [0.25, 0.3) is 0 Å². The van der Waals surface area contributed by atoms with Crippen LogP contribution in [0.15, 0.2) is 48.3 Å². The van der Waals surface area contributed by atoms with Gasteiger partial charge in [-0.1, -0.05) is 29.8 Å². The predicted molar refractivity (Wildman–Crippen MR) is 103 cm³/mol. The number of hydrogen-bond donors (Lipinski definition) is 0. The monoisotopic (exact) mass is 348 g/mol. The smallest absolute Gasteiger partial charge is 0.219 e. The molecule has 0 saturated heterocycles. The zero-order valence-electron chi connectivity index (χ0n) is 15.6. The number of carbonyl (C=O) groups excluding carboxylic acids is 2. The van der Waals surface area contributed by atoms with Crippen LogP contribution in [-0.4, -0.2) is 34.7 Å². The molecule has 0 atom stereocenters. The van der Waals surface area contributed by atoms with Crippen molar-refractivity contribution in [3.8, 4) is 0 Å². The fourth-order valence-corrected chi connectivity index (χ4v) is 3.36. The molecule has 0 aliphatic carbocycles. The number of pyridine rings is 1. The van der Waals surface area contributed by atoms with E-state index in [0.29, 0.717) is 13.0 Å². The maximum Gasteiger partial charge on any atom is 0.219 e. The molecule has 2 aromatic rings. The van der Waals surface area contributed by atoms with Crippen LogP contribution in [0, 0.1) is 6.92 Å². The first-order chi connectivity index (χ1) is 12.5. The van der Waals surface area contributed by atoms with Crippen molar-refractivity contribution >= 4 is 17.3 Å². The Kier molecular flexibility index (Phi) is 5.31. The molecule has 1 aliphatic heterocycles. The highest BCUT2D eigenvalue weighted by atomic mass is 16.2. The summed E-state index contributed by atoms with van der Waals surface area (Å²) in [5, 5.41) is 0. The topological polar surface area (TPSA) is 50.3 Å². The fraction of sp³-hybridized carbons (Fsp3) is 0.318. The molecule has 0 spiro atoms. The zero-order valence-corrected chi connectivity index (χ0v) is 15.6. The Labute approximate surface area is 154 Å². The molecule has 4 heteroatoms. The van der Waals surface area contributed by atoms with E-state index in [9.17, 15) is 9.59 Å². The maximum atomic E-state index is 12.5. The van der Waals surface area contributed by atoms with E-state index in [1.54, 1.807) is 25.4 Å². The van der Waals surface area contributed by atoms with Crippen LogP contribution >= 0.6 is 0 Å². The lowest BCUT2D eigenvalue weighted by Crippen LogP contribution is -2.34. The Morgan fingerprint density at radius 3 is 2.50 bits per heavy atom. The summed E-state index contributed by atoms with van der Waals surface area (Å²) in [7, 11) is 0. The highest BCUT2D eigenvalue weighted by Gasteiger charge is 2.19. The van der Waals surface area contributed by atoms with Crippen molar-refractivity contribution in [3.05, 3.63) is 70.6 Å². The minimum atomic E-state index is 0.105. The van der Waals surface area contributed by atoms with Gasteiger partial charge in [-0.2, -0.15) is 0 Å². The molecule has 0 N–H and O–H groups in total. The molecular weight excluding hydrogens is 324 g/mol. The van der Waals surface area contributed by atoms with Gasteiger partial charge in [0.2, 0.25) is 5.91 Å². The van der Waals surface area contributed by atoms with Crippen molar-refractivity contribution in [2.24, 2.45) is 0 Å². The zero-order chi connectivity index (χ0) is 18.7. The van der Waals surface area contributed by atoms with Crippen LogP contribution in [0.1, 0.15) is 47.3 Å². The number of carbonyl (C=O) groups is 2. The molecule has 2 heterocycles. The van der Waals surface area contributed by atoms with Crippen molar-refractivity contribution < 1.29 is 9.59 Å². The van der Waals surface area contributed by atoms with Gasteiger partial charge in [-0.05, 0) is 48.6 Å². The largest absolute Gasteiger partial charge is 0.338 e. The van der Waals surface area contributed by atoms with Crippen LogP contribution in [0.4, 0.5) is 0 Å². The van der Waals surface area contributed by atoms with E-state index < -0.39 is 0 Å². The van der Waals surface area contributed by atoms with Crippen LogP contribution in [0.5, 0.6) is 0 Å². The van der Waals surface area contributed by atoms with Crippen LogP contribution in [0.3, 0.4) is 0 Å². The SMILES string of the molecule is CC(=O)N1CCC(C)=C(c2ccc(CC(=O)c3ccncc3C)cc2)C1. The van der Waals surface area contributed by atoms with Crippen molar-refractivity contribution in [1.29, 1.82) is 0 Å². The molecule has 0 radical (unpaired) electrons. The molecule has 0 bridgehead atoms. The Morgan fingerprint density at radius 1 is 1.12 bits per heavy atom. The number of amides is 1. The van der Waals surface area contributed by atoms with E-state index in [1.807, 2.05) is 24.0 Å². The standard InChI is InChI=1S/C22H24N2O2/c1-15-9-11-24(17(3)25)14-21(15)19-6-4-18(5-7-19)12-22(26)20-8-10-23-13-16(20)2/h4-8,10,13H,9,11-12,14H2,1-3H3. The van der Waals surface area contributed by atoms with Gasteiger partial charge in [0, 0.05) is 44.4 Å². The van der Waals surface area contributed by atoms with Crippen molar-refractivity contribution in [2.45, 2.75) is 33.6 Å². The molecule has 0 saturated carbocycles. The summed E-state index contributed by atoms with van der Waals surface area (Å²) in [4.78, 5) is 30.1. The first-order valence-electron chi connectivity index (χ1n) is 8.93. The molecule has 134 valence electrons. The Bertz CT molecular complexity index is 866. The van der Waals surface area contributed by atoms with Gasteiger partial charge in [-0.25, -0.2) is 0 Å². The van der Waals surface area contributed by atoms with Crippen molar-refractivity contribution in [3.63, 3.8) is 0 Å². The van der Waals surface area contributed by atoms with Crippen molar-refractivity contribution in [1.82, 2.24) is 9.88 Å². The normalized spacial score (nSPS) is 14.5. The molecular formula is C22H24N2O2. The van der Waals surface area contributed by atoms with Gasteiger partial charge < -0.3 is 4.90 Å². The lowest BCUT2D eigenvalue weighted by atomic mass is 9.93. The minimum Gasteiger partial charge on any atom is -0.338 e. The second-order valence-electron chi connectivity index (χ2n) is 6.94. The van der Waals surface area contributed by atoms with Crippen LogP contribution in [0.2, 0.25) is 0 Å². The maximum absolute atomic E-state index is 12.5. The van der Waals surface area contributed by atoms with E-state index in [-0.39, 0.29) is 11.7 Å². The average Bonchev–Trinajstić information content (AvgIpc) is 2.63. The minimum absolute atomic E-state index is 0.105. The molecule has 0 fully saturated rings. The molecule has 0 unspecified atom stereocenters. The Balaban J connectivity index is 1.75. The van der Waals surface area contributed by atoms with Gasteiger partial charge in [0.05, 0.1) is 0 Å². The number of ketones is 1. The molecule has 3 rings (SSSR count). The van der Waals surface area contributed by atoms with E-state index in [2.05, 4.69) is 24.0 Å². The highest BCUT2D eigenvalue weighted by Crippen LogP contribution is 2.27. The number of hydrogen-bond acceptors (Lipinski definition) is 3. The summed E-state index contributed by atoms with van der Waals surface area (Å²) in [5.74, 6) is 0.221. The van der Waals surface area contributed by atoms with Gasteiger partial charge in [0.1, 0.15) is 0 Å². The molecule has 1 amide bonds. The quantitative estimate of drug-likeness (QED) is 0.789. The molecule has 1 aromatic carbocycles. The summed E-state index contributed by atoms with van der Waals surface area (Å²) >= 11 is 0. The Hall–Kier alpha value is -2.75. The summed E-state index contributed by atoms with van der Waals surface area (Å²) in [6.07, 6.45) is 4.66. The van der Waals surface area contributed by atoms with Gasteiger partial charge in [0.15, 0.2) is 5.78 Å². The second kappa shape index (κ2) is 7.65. The number of aromatic nitrogens is 1. The van der Waals surface area contributed by atoms with Gasteiger partial charge in [-0.3, -0.25) is 14.6 Å².